The average molecular weight is 519 g/mol. The normalized spacial score (nSPS) is 12.2. The molecule has 0 aliphatic rings. The van der Waals surface area contributed by atoms with Gasteiger partial charge in [-0.05, 0) is 45.5 Å². The molecule has 0 aliphatic carbocycles. The van der Waals surface area contributed by atoms with Crippen molar-refractivity contribution < 1.29 is 39.9 Å². The molecule has 0 spiro atoms. The number of carboxylic acids is 2. The summed E-state index contributed by atoms with van der Waals surface area (Å²) < 4.78 is 6.07. The number of carbonyl (C=O) groups is 2. The summed E-state index contributed by atoms with van der Waals surface area (Å²) in [5, 5.41) is 53.2. The molecule has 0 saturated heterocycles. The van der Waals surface area contributed by atoms with E-state index in [4.69, 9.17) is 4.74 Å². The van der Waals surface area contributed by atoms with Gasteiger partial charge < -0.3 is 30.3 Å². The van der Waals surface area contributed by atoms with Crippen LogP contribution >= 0.6 is 0 Å². The molecular weight excluding hydrogens is 488 g/mol. The van der Waals surface area contributed by atoms with E-state index < -0.39 is 40.3 Å². The standard InChI is InChI=1S/C30H30O8/c1-29(2,3)15-8-7-14-11-20(31)22(28(36)37)25(18(14)12-15)38-26-17-10-9-16(30(4,5)6)13-19(17)21(27(34)35)23(32)24(26)33/h7-13,31-33H,1-6H3,(H,34,35)(H,36,37). The molecule has 8 nitrogen and oxygen atoms in total. The number of carboxylic acid groups (broad SMARTS) is 2. The Morgan fingerprint density at radius 2 is 1.16 bits per heavy atom. The van der Waals surface area contributed by atoms with Gasteiger partial charge in [-0.1, -0.05) is 65.8 Å². The molecule has 4 aromatic rings. The van der Waals surface area contributed by atoms with E-state index >= 15 is 0 Å². The highest BCUT2D eigenvalue weighted by Gasteiger charge is 2.29. The Kier molecular flexibility index (Phi) is 6.18. The maximum atomic E-state index is 12.2. The fraction of sp³-hybridized carbons (Fsp3) is 0.267. The molecule has 0 heterocycles. The summed E-state index contributed by atoms with van der Waals surface area (Å²) in [7, 11) is 0. The zero-order valence-electron chi connectivity index (χ0n) is 22.0. The van der Waals surface area contributed by atoms with Crippen molar-refractivity contribution in [3.8, 4) is 28.7 Å². The minimum atomic E-state index is -1.47. The zero-order valence-corrected chi connectivity index (χ0v) is 22.0. The van der Waals surface area contributed by atoms with Crippen LogP contribution in [0.3, 0.4) is 0 Å². The van der Waals surface area contributed by atoms with Gasteiger partial charge in [-0.2, -0.15) is 0 Å². The Bertz CT molecular complexity index is 1640. The largest absolute Gasteiger partial charge is 0.507 e. The van der Waals surface area contributed by atoms with Crippen LogP contribution in [0.2, 0.25) is 0 Å². The van der Waals surface area contributed by atoms with Crippen molar-refractivity contribution in [1.82, 2.24) is 0 Å². The van der Waals surface area contributed by atoms with Crippen LogP contribution in [0.25, 0.3) is 21.5 Å². The van der Waals surface area contributed by atoms with E-state index in [-0.39, 0.29) is 33.1 Å². The summed E-state index contributed by atoms with van der Waals surface area (Å²) in [6.07, 6.45) is 0. The summed E-state index contributed by atoms with van der Waals surface area (Å²) in [5.41, 5.74) is -0.0711. The number of rotatable bonds is 4. The highest BCUT2D eigenvalue weighted by atomic mass is 16.5. The molecule has 198 valence electrons. The minimum Gasteiger partial charge on any atom is -0.507 e. The first-order valence-electron chi connectivity index (χ1n) is 12.0. The fourth-order valence-corrected chi connectivity index (χ4v) is 4.45. The Morgan fingerprint density at radius 3 is 1.68 bits per heavy atom. The van der Waals surface area contributed by atoms with Crippen LogP contribution < -0.4 is 4.74 Å². The van der Waals surface area contributed by atoms with Crippen molar-refractivity contribution in [2.45, 2.75) is 52.4 Å². The Balaban J connectivity index is 2.12. The number of aromatic hydroxyl groups is 3. The van der Waals surface area contributed by atoms with Gasteiger partial charge in [-0.3, -0.25) is 0 Å². The van der Waals surface area contributed by atoms with Crippen molar-refractivity contribution in [2.75, 3.05) is 0 Å². The van der Waals surface area contributed by atoms with Gasteiger partial charge in [0.25, 0.3) is 0 Å². The van der Waals surface area contributed by atoms with E-state index in [1.54, 1.807) is 30.3 Å². The fourth-order valence-electron chi connectivity index (χ4n) is 4.45. The van der Waals surface area contributed by atoms with Crippen LogP contribution in [0.4, 0.5) is 0 Å². The van der Waals surface area contributed by atoms with Crippen molar-refractivity contribution >= 4 is 33.5 Å². The molecule has 0 bridgehead atoms. The molecule has 0 fully saturated rings. The second kappa shape index (κ2) is 8.83. The van der Waals surface area contributed by atoms with E-state index in [1.165, 1.54) is 6.07 Å². The smallest absolute Gasteiger partial charge is 0.343 e. The molecule has 0 saturated carbocycles. The molecule has 0 amide bonds. The number of fused-ring (bicyclic) bond motifs is 2. The van der Waals surface area contributed by atoms with Gasteiger partial charge in [-0.25, -0.2) is 9.59 Å². The van der Waals surface area contributed by atoms with Crippen LogP contribution in [-0.2, 0) is 10.8 Å². The highest BCUT2D eigenvalue weighted by molar-refractivity contribution is 6.11. The monoisotopic (exact) mass is 518 g/mol. The lowest BCUT2D eigenvalue weighted by Gasteiger charge is -2.23. The number of hydrogen-bond acceptors (Lipinski definition) is 6. The molecule has 0 atom stereocenters. The van der Waals surface area contributed by atoms with E-state index in [2.05, 4.69) is 0 Å². The third kappa shape index (κ3) is 4.42. The highest BCUT2D eigenvalue weighted by Crippen LogP contribution is 2.50. The summed E-state index contributed by atoms with van der Waals surface area (Å²) >= 11 is 0. The van der Waals surface area contributed by atoms with E-state index in [1.807, 2.05) is 47.6 Å². The predicted octanol–water partition coefficient (Wildman–Crippen LogP) is 6.89. The number of phenolic OH excluding ortho intramolecular Hbond substituents is 1. The lowest BCUT2D eigenvalue weighted by molar-refractivity contribution is 0.0682. The summed E-state index contributed by atoms with van der Waals surface area (Å²) in [4.78, 5) is 24.3. The quantitative estimate of drug-likeness (QED) is 0.184. The minimum absolute atomic E-state index is 0.104. The molecular formula is C30H30O8. The molecule has 4 aromatic carbocycles. The number of aromatic carboxylic acids is 2. The van der Waals surface area contributed by atoms with E-state index in [0.717, 1.165) is 11.1 Å². The van der Waals surface area contributed by atoms with E-state index in [9.17, 15) is 35.1 Å². The first kappa shape index (κ1) is 26.6. The lowest BCUT2D eigenvalue weighted by Crippen LogP contribution is -2.11. The van der Waals surface area contributed by atoms with Gasteiger partial charge in [0.05, 0.1) is 0 Å². The second-order valence-corrected chi connectivity index (χ2v) is 11.4. The Hall–Kier alpha value is -4.46. The van der Waals surface area contributed by atoms with Gasteiger partial charge >= 0.3 is 11.9 Å². The number of phenols is 3. The molecule has 38 heavy (non-hydrogen) atoms. The van der Waals surface area contributed by atoms with Crippen molar-refractivity contribution in [2.24, 2.45) is 0 Å². The van der Waals surface area contributed by atoms with Crippen LogP contribution in [0.15, 0.2) is 42.5 Å². The topological polar surface area (TPSA) is 145 Å². The molecule has 0 aliphatic heterocycles. The van der Waals surface area contributed by atoms with Crippen molar-refractivity contribution in [3.05, 3.63) is 64.7 Å². The number of ether oxygens (including phenoxy) is 1. The maximum Gasteiger partial charge on any atom is 0.343 e. The third-order valence-corrected chi connectivity index (χ3v) is 6.65. The van der Waals surface area contributed by atoms with Gasteiger partial charge in [0, 0.05) is 16.2 Å². The van der Waals surface area contributed by atoms with Gasteiger partial charge in [0.2, 0.25) is 5.75 Å². The summed E-state index contributed by atoms with van der Waals surface area (Å²) in [5.74, 6) is -5.83. The predicted molar refractivity (Wildman–Crippen MR) is 144 cm³/mol. The molecule has 5 N–H and O–H groups in total. The third-order valence-electron chi connectivity index (χ3n) is 6.65. The maximum absolute atomic E-state index is 12.2. The van der Waals surface area contributed by atoms with Gasteiger partial charge in [-0.15, -0.1) is 0 Å². The molecule has 0 radical (unpaired) electrons. The number of hydrogen-bond donors (Lipinski definition) is 5. The SMILES string of the molecule is CC(C)(C)c1ccc2cc(O)c(C(=O)O)c(Oc3c(O)c(O)c(C(=O)O)c4cc(C(C)(C)C)ccc34)c2c1. The lowest BCUT2D eigenvalue weighted by atomic mass is 9.85. The zero-order chi connectivity index (χ0) is 28.3. The molecule has 8 heteroatoms. The molecule has 0 aromatic heterocycles. The van der Waals surface area contributed by atoms with Crippen molar-refractivity contribution in [3.63, 3.8) is 0 Å². The Labute approximate surface area is 219 Å². The van der Waals surface area contributed by atoms with E-state index in [0.29, 0.717) is 10.8 Å². The first-order valence-corrected chi connectivity index (χ1v) is 12.0. The first-order chi connectivity index (χ1) is 17.5. The van der Waals surface area contributed by atoms with Gasteiger partial charge in [0.1, 0.15) is 16.9 Å². The summed E-state index contributed by atoms with van der Waals surface area (Å²) in [6, 6.07) is 11.6. The Morgan fingerprint density at radius 1 is 0.632 bits per heavy atom. The van der Waals surface area contributed by atoms with Crippen LogP contribution in [0.5, 0.6) is 28.7 Å². The van der Waals surface area contributed by atoms with Crippen LogP contribution in [0.1, 0.15) is 73.4 Å². The second-order valence-electron chi connectivity index (χ2n) is 11.4. The van der Waals surface area contributed by atoms with Crippen molar-refractivity contribution in [1.29, 1.82) is 0 Å². The molecule has 4 rings (SSSR count). The van der Waals surface area contributed by atoms with Crippen LogP contribution in [-0.4, -0.2) is 37.5 Å². The van der Waals surface area contributed by atoms with Gasteiger partial charge in [0.15, 0.2) is 17.2 Å². The van der Waals surface area contributed by atoms with Crippen LogP contribution in [0, 0.1) is 0 Å². The summed E-state index contributed by atoms with van der Waals surface area (Å²) in [6.45, 7) is 11.8. The average Bonchev–Trinajstić information content (AvgIpc) is 2.79. The molecule has 0 unspecified atom stereocenters. The number of benzene rings is 4.